The Balaban J connectivity index is 2.13. The standard InChI is InChI=1S/C23H29NO9/c1-28-18-12-20(30-3)19(29-2)10-15(18)16(11-21(26)31-4)23-22(27)17(25)9-14(33-23)13-24-5-7-32-8-6-24/h9-10,12,16,27H,5-8,11,13H2,1-4H3. The molecular weight excluding hydrogens is 434 g/mol. The minimum absolute atomic E-state index is 0.0540. The molecule has 1 saturated heterocycles. The summed E-state index contributed by atoms with van der Waals surface area (Å²) in [6, 6.07) is 4.49. The molecule has 0 saturated carbocycles. The summed E-state index contributed by atoms with van der Waals surface area (Å²) in [6.45, 7) is 2.91. The van der Waals surface area contributed by atoms with Crippen LogP contribution in [0.2, 0.25) is 0 Å². The van der Waals surface area contributed by atoms with E-state index < -0.39 is 23.1 Å². The lowest BCUT2D eigenvalue weighted by Crippen LogP contribution is -2.35. The molecule has 2 aromatic rings. The predicted molar refractivity (Wildman–Crippen MR) is 117 cm³/mol. The topological polar surface area (TPSA) is 117 Å². The first-order chi connectivity index (χ1) is 15.9. The summed E-state index contributed by atoms with van der Waals surface area (Å²) in [4.78, 5) is 27.0. The maximum Gasteiger partial charge on any atom is 0.306 e. The zero-order valence-corrected chi connectivity index (χ0v) is 19.2. The Hall–Kier alpha value is -3.24. The van der Waals surface area contributed by atoms with Gasteiger partial charge in [-0.2, -0.15) is 0 Å². The highest BCUT2D eigenvalue weighted by Gasteiger charge is 2.30. The van der Waals surface area contributed by atoms with Gasteiger partial charge >= 0.3 is 5.97 Å². The van der Waals surface area contributed by atoms with E-state index in [9.17, 15) is 14.7 Å². The molecule has 180 valence electrons. The van der Waals surface area contributed by atoms with Gasteiger partial charge in [-0.15, -0.1) is 0 Å². The van der Waals surface area contributed by atoms with Crippen LogP contribution in [0.1, 0.15) is 29.4 Å². The first kappa shape index (κ1) is 24.4. The fraction of sp³-hybridized carbons (Fsp3) is 0.478. The van der Waals surface area contributed by atoms with Gasteiger partial charge in [0.1, 0.15) is 11.5 Å². The molecule has 1 aromatic carbocycles. The molecule has 1 unspecified atom stereocenters. The number of hydrogen-bond acceptors (Lipinski definition) is 10. The fourth-order valence-electron chi connectivity index (χ4n) is 3.77. The molecule has 0 radical (unpaired) electrons. The van der Waals surface area contributed by atoms with Gasteiger partial charge < -0.3 is 33.2 Å². The Morgan fingerprint density at radius 1 is 1.03 bits per heavy atom. The monoisotopic (exact) mass is 463 g/mol. The maximum absolute atomic E-state index is 12.6. The Bertz CT molecular complexity index is 1030. The lowest BCUT2D eigenvalue weighted by Gasteiger charge is -2.26. The summed E-state index contributed by atoms with van der Waals surface area (Å²) < 4.78 is 32.5. The maximum atomic E-state index is 12.6. The molecule has 33 heavy (non-hydrogen) atoms. The van der Waals surface area contributed by atoms with E-state index in [0.717, 1.165) is 0 Å². The molecule has 1 N–H and O–H groups in total. The number of carbonyl (C=O) groups is 1. The summed E-state index contributed by atoms with van der Waals surface area (Å²) >= 11 is 0. The molecule has 0 amide bonds. The van der Waals surface area contributed by atoms with E-state index in [1.54, 1.807) is 12.1 Å². The molecule has 2 heterocycles. The zero-order chi connectivity index (χ0) is 24.0. The van der Waals surface area contributed by atoms with Gasteiger partial charge in [-0.1, -0.05) is 0 Å². The summed E-state index contributed by atoms with van der Waals surface area (Å²) in [5.74, 6) is -0.544. The van der Waals surface area contributed by atoms with Crippen molar-refractivity contribution in [1.82, 2.24) is 4.90 Å². The Labute approximate surface area is 191 Å². The highest BCUT2D eigenvalue weighted by molar-refractivity contribution is 5.72. The van der Waals surface area contributed by atoms with Gasteiger partial charge in [0.05, 0.1) is 60.5 Å². The predicted octanol–water partition coefficient (Wildman–Crippen LogP) is 1.90. The second-order valence-corrected chi connectivity index (χ2v) is 7.46. The molecule has 0 bridgehead atoms. The van der Waals surface area contributed by atoms with Gasteiger partial charge in [-0.3, -0.25) is 14.5 Å². The number of benzene rings is 1. The Morgan fingerprint density at radius 2 is 1.67 bits per heavy atom. The van der Waals surface area contributed by atoms with E-state index in [1.807, 2.05) is 0 Å². The zero-order valence-electron chi connectivity index (χ0n) is 19.2. The van der Waals surface area contributed by atoms with Crippen molar-refractivity contribution < 1.29 is 38.0 Å². The van der Waals surface area contributed by atoms with E-state index in [-0.39, 0.29) is 12.2 Å². The lowest BCUT2D eigenvalue weighted by atomic mass is 9.91. The summed E-state index contributed by atoms with van der Waals surface area (Å²) in [5, 5.41) is 10.6. The van der Waals surface area contributed by atoms with Gasteiger partial charge in [0.15, 0.2) is 17.3 Å². The van der Waals surface area contributed by atoms with E-state index in [1.165, 1.54) is 34.5 Å². The number of ether oxygens (including phenoxy) is 5. The van der Waals surface area contributed by atoms with E-state index >= 15 is 0 Å². The van der Waals surface area contributed by atoms with Crippen LogP contribution < -0.4 is 19.6 Å². The molecule has 10 nitrogen and oxygen atoms in total. The molecule has 1 atom stereocenters. The van der Waals surface area contributed by atoms with Crippen molar-refractivity contribution in [1.29, 1.82) is 0 Å². The van der Waals surface area contributed by atoms with Gasteiger partial charge in [-0.05, 0) is 6.07 Å². The van der Waals surface area contributed by atoms with Crippen molar-refractivity contribution in [3.05, 3.63) is 45.5 Å². The molecule has 1 fully saturated rings. The van der Waals surface area contributed by atoms with Crippen molar-refractivity contribution in [2.24, 2.45) is 0 Å². The second kappa shape index (κ2) is 11.1. The van der Waals surface area contributed by atoms with E-state index in [0.29, 0.717) is 61.4 Å². The summed E-state index contributed by atoms with van der Waals surface area (Å²) in [5.41, 5.74) is -0.142. The van der Waals surface area contributed by atoms with Crippen molar-refractivity contribution in [2.75, 3.05) is 54.7 Å². The molecule has 0 aliphatic carbocycles. The Kier molecular flexibility index (Phi) is 8.18. The molecule has 1 aromatic heterocycles. The number of nitrogens with zero attached hydrogens (tertiary/aromatic N) is 1. The highest BCUT2D eigenvalue weighted by Crippen LogP contribution is 2.43. The smallest absolute Gasteiger partial charge is 0.306 e. The second-order valence-electron chi connectivity index (χ2n) is 7.46. The number of esters is 1. The van der Waals surface area contributed by atoms with Gasteiger partial charge in [0.2, 0.25) is 11.2 Å². The van der Waals surface area contributed by atoms with Crippen molar-refractivity contribution in [3.63, 3.8) is 0 Å². The van der Waals surface area contributed by atoms with Crippen LogP contribution in [0.5, 0.6) is 23.0 Å². The minimum atomic E-state index is -0.885. The normalized spacial score (nSPS) is 15.0. The lowest BCUT2D eigenvalue weighted by molar-refractivity contribution is -0.140. The minimum Gasteiger partial charge on any atom is -0.502 e. The third-order valence-corrected chi connectivity index (χ3v) is 5.51. The SMILES string of the molecule is COC(=O)CC(c1cc(OC)c(OC)cc1OC)c1oc(CN2CCOCC2)cc(=O)c1O. The van der Waals surface area contributed by atoms with Crippen LogP contribution in [0.15, 0.2) is 27.4 Å². The molecular formula is C23H29NO9. The van der Waals surface area contributed by atoms with Gasteiger partial charge in [-0.25, -0.2) is 0 Å². The van der Waals surface area contributed by atoms with Crippen LogP contribution in [0.25, 0.3) is 0 Å². The molecule has 3 rings (SSSR count). The van der Waals surface area contributed by atoms with Crippen LogP contribution in [0.4, 0.5) is 0 Å². The molecule has 10 heteroatoms. The average molecular weight is 463 g/mol. The molecule has 0 spiro atoms. The number of rotatable bonds is 9. The molecule has 1 aliphatic rings. The quantitative estimate of drug-likeness (QED) is 0.553. The van der Waals surface area contributed by atoms with Crippen LogP contribution >= 0.6 is 0 Å². The summed E-state index contributed by atoms with van der Waals surface area (Å²) in [7, 11) is 5.69. The van der Waals surface area contributed by atoms with Crippen molar-refractivity contribution >= 4 is 5.97 Å². The third kappa shape index (κ3) is 5.58. The van der Waals surface area contributed by atoms with Gasteiger partial charge in [0.25, 0.3) is 0 Å². The van der Waals surface area contributed by atoms with Crippen LogP contribution in [0, 0.1) is 0 Å². The van der Waals surface area contributed by atoms with Crippen LogP contribution in [-0.2, 0) is 20.8 Å². The molecule has 1 aliphatic heterocycles. The van der Waals surface area contributed by atoms with Gasteiger partial charge in [0, 0.05) is 30.8 Å². The Morgan fingerprint density at radius 3 is 2.27 bits per heavy atom. The van der Waals surface area contributed by atoms with E-state index in [2.05, 4.69) is 4.90 Å². The number of aromatic hydroxyl groups is 1. The van der Waals surface area contributed by atoms with Crippen LogP contribution in [-0.4, -0.2) is 70.7 Å². The number of carbonyl (C=O) groups excluding carboxylic acids is 1. The first-order valence-corrected chi connectivity index (χ1v) is 10.4. The number of morpholine rings is 1. The van der Waals surface area contributed by atoms with E-state index in [4.69, 9.17) is 28.1 Å². The number of hydrogen-bond donors (Lipinski definition) is 1. The van der Waals surface area contributed by atoms with Crippen molar-refractivity contribution in [2.45, 2.75) is 18.9 Å². The van der Waals surface area contributed by atoms with Crippen molar-refractivity contribution in [3.8, 4) is 23.0 Å². The fourth-order valence-corrected chi connectivity index (χ4v) is 3.77. The number of methoxy groups -OCH3 is 4. The largest absolute Gasteiger partial charge is 0.502 e. The summed E-state index contributed by atoms with van der Waals surface area (Å²) in [6.07, 6.45) is -0.208. The third-order valence-electron chi connectivity index (χ3n) is 5.51. The average Bonchev–Trinajstić information content (AvgIpc) is 2.84. The van der Waals surface area contributed by atoms with Crippen LogP contribution in [0.3, 0.4) is 0 Å². The first-order valence-electron chi connectivity index (χ1n) is 10.4. The highest BCUT2D eigenvalue weighted by atomic mass is 16.5.